The summed E-state index contributed by atoms with van der Waals surface area (Å²) in [4.78, 5) is 0. The van der Waals surface area contributed by atoms with Gasteiger partial charge in [-0.1, -0.05) is 13.8 Å². The standard InChI is InChI=1S/C11H17ClN2/c1-7(2)5-10-9(6-12)11(14-13-10)8-3-4-8/h7-8H,3-6H2,1-2H3,(H,13,14). The second-order valence-electron chi connectivity index (χ2n) is 4.57. The Morgan fingerprint density at radius 2 is 2.21 bits per heavy atom. The van der Waals surface area contributed by atoms with Crippen molar-refractivity contribution in [2.45, 2.75) is 44.9 Å². The first-order valence-corrected chi connectivity index (χ1v) is 5.87. The predicted molar refractivity (Wildman–Crippen MR) is 58.7 cm³/mol. The van der Waals surface area contributed by atoms with E-state index in [2.05, 4.69) is 24.0 Å². The molecule has 1 aromatic rings. The van der Waals surface area contributed by atoms with Crippen molar-refractivity contribution in [3.05, 3.63) is 17.0 Å². The van der Waals surface area contributed by atoms with Crippen molar-refractivity contribution >= 4 is 11.6 Å². The first-order chi connectivity index (χ1) is 6.72. The molecule has 78 valence electrons. The molecule has 1 aromatic heterocycles. The summed E-state index contributed by atoms with van der Waals surface area (Å²) in [5, 5.41) is 7.54. The second kappa shape index (κ2) is 3.93. The molecule has 0 atom stereocenters. The van der Waals surface area contributed by atoms with E-state index >= 15 is 0 Å². The lowest BCUT2D eigenvalue weighted by Gasteiger charge is -2.04. The van der Waals surface area contributed by atoms with Crippen LogP contribution in [-0.4, -0.2) is 10.2 Å². The van der Waals surface area contributed by atoms with Crippen LogP contribution in [0.1, 0.15) is 49.6 Å². The van der Waals surface area contributed by atoms with Crippen molar-refractivity contribution in [2.24, 2.45) is 5.92 Å². The van der Waals surface area contributed by atoms with E-state index in [-0.39, 0.29) is 0 Å². The van der Waals surface area contributed by atoms with Crippen LogP contribution >= 0.6 is 11.6 Å². The fraction of sp³-hybridized carbons (Fsp3) is 0.727. The van der Waals surface area contributed by atoms with Gasteiger partial charge in [0.15, 0.2) is 0 Å². The van der Waals surface area contributed by atoms with Crippen LogP contribution in [0.4, 0.5) is 0 Å². The van der Waals surface area contributed by atoms with Crippen LogP contribution in [0.2, 0.25) is 0 Å². The van der Waals surface area contributed by atoms with Crippen molar-refractivity contribution in [1.29, 1.82) is 0 Å². The minimum Gasteiger partial charge on any atom is -0.282 e. The Kier molecular flexibility index (Phi) is 2.82. The maximum absolute atomic E-state index is 5.97. The van der Waals surface area contributed by atoms with Crippen molar-refractivity contribution in [1.82, 2.24) is 10.2 Å². The van der Waals surface area contributed by atoms with Crippen molar-refractivity contribution in [3.63, 3.8) is 0 Å². The predicted octanol–water partition coefficient (Wildman–Crippen LogP) is 3.22. The number of hydrogen-bond acceptors (Lipinski definition) is 1. The third-order valence-electron chi connectivity index (χ3n) is 2.69. The first kappa shape index (κ1) is 10.0. The van der Waals surface area contributed by atoms with E-state index in [0.29, 0.717) is 17.7 Å². The molecule has 1 aliphatic carbocycles. The van der Waals surface area contributed by atoms with Crippen molar-refractivity contribution in [3.8, 4) is 0 Å². The van der Waals surface area contributed by atoms with Gasteiger partial charge in [0, 0.05) is 17.2 Å². The minimum absolute atomic E-state index is 0.602. The summed E-state index contributed by atoms with van der Waals surface area (Å²) in [7, 11) is 0. The van der Waals surface area contributed by atoms with Gasteiger partial charge in [-0.3, -0.25) is 5.10 Å². The molecule has 3 heteroatoms. The normalized spacial score (nSPS) is 16.6. The maximum Gasteiger partial charge on any atom is 0.0699 e. The van der Waals surface area contributed by atoms with Crippen LogP contribution in [-0.2, 0) is 12.3 Å². The molecule has 0 radical (unpaired) electrons. The lowest BCUT2D eigenvalue weighted by atomic mass is 10.0. The molecular formula is C11H17ClN2. The number of nitrogens with zero attached hydrogens (tertiary/aromatic N) is 1. The summed E-state index contributed by atoms with van der Waals surface area (Å²) >= 11 is 5.97. The Hall–Kier alpha value is -0.500. The Labute approximate surface area is 90.0 Å². The number of aromatic amines is 1. The molecular weight excluding hydrogens is 196 g/mol. The van der Waals surface area contributed by atoms with Crippen LogP contribution in [0.5, 0.6) is 0 Å². The zero-order chi connectivity index (χ0) is 10.1. The van der Waals surface area contributed by atoms with Crippen LogP contribution in [0, 0.1) is 5.92 Å². The number of hydrogen-bond donors (Lipinski definition) is 1. The van der Waals surface area contributed by atoms with Gasteiger partial charge in [-0.25, -0.2) is 0 Å². The average molecular weight is 213 g/mol. The van der Waals surface area contributed by atoms with Crippen LogP contribution < -0.4 is 0 Å². The van der Waals surface area contributed by atoms with Crippen LogP contribution in [0.3, 0.4) is 0 Å². The Bertz CT molecular complexity index is 313. The number of H-pyrrole nitrogens is 1. The van der Waals surface area contributed by atoms with Gasteiger partial charge in [-0.15, -0.1) is 11.6 Å². The van der Waals surface area contributed by atoms with Gasteiger partial charge in [-0.2, -0.15) is 5.10 Å². The summed E-state index contributed by atoms with van der Waals surface area (Å²) < 4.78 is 0. The summed E-state index contributed by atoms with van der Waals surface area (Å²) in [6.07, 6.45) is 3.63. The highest BCUT2D eigenvalue weighted by atomic mass is 35.5. The molecule has 2 rings (SSSR count). The average Bonchev–Trinajstić information content (AvgIpc) is 2.88. The molecule has 0 aliphatic heterocycles. The molecule has 2 nitrogen and oxygen atoms in total. The zero-order valence-electron chi connectivity index (χ0n) is 8.81. The number of nitrogens with one attached hydrogen (secondary N) is 1. The lowest BCUT2D eigenvalue weighted by Crippen LogP contribution is -1.98. The van der Waals surface area contributed by atoms with Gasteiger partial charge in [-0.05, 0) is 25.2 Å². The maximum atomic E-state index is 5.97. The van der Waals surface area contributed by atoms with Crippen molar-refractivity contribution < 1.29 is 0 Å². The van der Waals surface area contributed by atoms with Gasteiger partial charge in [0.1, 0.15) is 0 Å². The van der Waals surface area contributed by atoms with Crippen LogP contribution in [0.15, 0.2) is 0 Å². The van der Waals surface area contributed by atoms with E-state index < -0.39 is 0 Å². The van der Waals surface area contributed by atoms with E-state index in [1.54, 1.807) is 0 Å². The molecule has 1 fully saturated rings. The fourth-order valence-electron chi connectivity index (χ4n) is 1.84. The molecule has 1 N–H and O–H groups in total. The molecule has 1 heterocycles. The van der Waals surface area contributed by atoms with E-state index in [4.69, 9.17) is 11.6 Å². The molecule has 0 saturated heterocycles. The Morgan fingerprint density at radius 3 is 2.71 bits per heavy atom. The molecule has 0 spiro atoms. The topological polar surface area (TPSA) is 28.7 Å². The molecule has 0 bridgehead atoms. The number of alkyl halides is 1. The largest absolute Gasteiger partial charge is 0.282 e. The Morgan fingerprint density at radius 1 is 1.50 bits per heavy atom. The van der Waals surface area contributed by atoms with Gasteiger partial charge < -0.3 is 0 Å². The molecule has 0 aromatic carbocycles. The molecule has 1 saturated carbocycles. The SMILES string of the molecule is CC(C)Cc1[nH]nc(C2CC2)c1CCl. The number of rotatable bonds is 4. The van der Waals surface area contributed by atoms with Crippen LogP contribution in [0.25, 0.3) is 0 Å². The number of aromatic nitrogens is 2. The monoisotopic (exact) mass is 212 g/mol. The molecule has 14 heavy (non-hydrogen) atoms. The fourth-order valence-corrected chi connectivity index (χ4v) is 2.14. The first-order valence-electron chi connectivity index (χ1n) is 5.34. The van der Waals surface area contributed by atoms with E-state index in [1.807, 2.05) is 0 Å². The van der Waals surface area contributed by atoms with E-state index in [1.165, 1.54) is 29.8 Å². The van der Waals surface area contributed by atoms with Crippen molar-refractivity contribution in [2.75, 3.05) is 0 Å². The summed E-state index contributed by atoms with van der Waals surface area (Å²) in [6.45, 7) is 4.44. The highest BCUT2D eigenvalue weighted by Crippen LogP contribution is 2.41. The minimum atomic E-state index is 0.602. The lowest BCUT2D eigenvalue weighted by molar-refractivity contribution is 0.631. The molecule has 0 amide bonds. The smallest absolute Gasteiger partial charge is 0.0699 e. The third-order valence-corrected chi connectivity index (χ3v) is 2.96. The van der Waals surface area contributed by atoms with Gasteiger partial charge in [0.25, 0.3) is 0 Å². The summed E-state index contributed by atoms with van der Waals surface area (Å²) in [5.41, 5.74) is 3.75. The van der Waals surface area contributed by atoms with Gasteiger partial charge in [0.05, 0.1) is 11.6 Å². The molecule has 1 aliphatic rings. The number of halogens is 1. The second-order valence-corrected chi connectivity index (χ2v) is 4.84. The van der Waals surface area contributed by atoms with Gasteiger partial charge in [0.2, 0.25) is 0 Å². The Balaban J connectivity index is 2.22. The quantitative estimate of drug-likeness (QED) is 0.763. The van der Waals surface area contributed by atoms with Gasteiger partial charge >= 0.3 is 0 Å². The van der Waals surface area contributed by atoms with E-state index in [0.717, 1.165) is 6.42 Å². The highest BCUT2D eigenvalue weighted by Gasteiger charge is 2.29. The highest BCUT2D eigenvalue weighted by molar-refractivity contribution is 6.17. The summed E-state index contributed by atoms with van der Waals surface area (Å²) in [5.74, 6) is 1.95. The zero-order valence-corrected chi connectivity index (χ0v) is 9.56. The third kappa shape index (κ3) is 1.95. The molecule has 0 unspecified atom stereocenters. The van der Waals surface area contributed by atoms with E-state index in [9.17, 15) is 0 Å². The summed E-state index contributed by atoms with van der Waals surface area (Å²) in [6, 6.07) is 0.